The molecular formula is C19H34O2Si. The van der Waals surface area contributed by atoms with E-state index in [1.807, 2.05) is 18.6 Å². The highest BCUT2D eigenvalue weighted by atomic mass is 28.4. The van der Waals surface area contributed by atoms with E-state index in [4.69, 9.17) is 8.84 Å². The van der Waals surface area contributed by atoms with Crippen molar-refractivity contribution in [2.24, 2.45) is 5.92 Å². The number of furan rings is 1. The van der Waals surface area contributed by atoms with Gasteiger partial charge in [0.05, 0.1) is 18.8 Å². The van der Waals surface area contributed by atoms with E-state index in [1.54, 1.807) is 6.26 Å². The average molecular weight is 323 g/mol. The van der Waals surface area contributed by atoms with Gasteiger partial charge < -0.3 is 8.84 Å². The lowest BCUT2D eigenvalue weighted by atomic mass is 10.0. The summed E-state index contributed by atoms with van der Waals surface area (Å²) in [4.78, 5) is 0. The van der Waals surface area contributed by atoms with Gasteiger partial charge in [-0.1, -0.05) is 48.5 Å². The second-order valence-corrected chi connectivity index (χ2v) is 12.8. The van der Waals surface area contributed by atoms with Crippen molar-refractivity contribution in [1.82, 2.24) is 0 Å². The summed E-state index contributed by atoms with van der Waals surface area (Å²) in [5.41, 5.74) is 3.14. The summed E-state index contributed by atoms with van der Waals surface area (Å²) in [7, 11) is -1.77. The topological polar surface area (TPSA) is 22.4 Å². The van der Waals surface area contributed by atoms with Gasteiger partial charge in [-0.25, -0.2) is 0 Å². The third-order valence-electron chi connectivity index (χ3n) is 4.85. The fourth-order valence-corrected chi connectivity index (χ4v) is 8.76. The molecule has 0 saturated carbocycles. The molecule has 0 spiro atoms. The van der Waals surface area contributed by atoms with Crippen LogP contribution in [-0.2, 0) is 10.8 Å². The first-order valence-electron chi connectivity index (χ1n) is 8.66. The van der Waals surface area contributed by atoms with Crippen LogP contribution in [0.25, 0.3) is 0 Å². The molecule has 0 aromatic carbocycles. The summed E-state index contributed by atoms with van der Waals surface area (Å²) in [5.74, 6) is 0.521. The molecule has 0 bridgehead atoms. The number of allylic oxidation sites excluding steroid dienone is 1. The molecule has 3 heteroatoms. The molecule has 0 amide bonds. The molecule has 22 heavy (non-hydrogen) atoms. The average Bonchev–Trinajstić information content (AvgIpc) is 2.93. The number of hydrogen-bond donors (Lipinski definition) is 0. The van der Waals surface area contributed by atoms with Crippen molar-refractivity contribution in [2.45, 2.75) is 77.9 Å². The second-order valence-electron chi connectivity index (χ2n) is 7.41. The zero-order valence-corrected chi connectivity index (χ0v) is 16.4. The summed E-state index contributed by atoms with van der Waals surface area (Å²) in [6, 6.07) is 2.04. The molecule has 0 aliphatic heterocycles. The Balaban J connectivity index is 2.59. The van der Waals surface area contributed by atoms with Gasteiger partial charge in [-0.3, -0.25) is 0 Å². The SMILES string of the molecule is CC(C)[Si](O/C=C/[C@H](C)CCc1ccoc1)(C(C)C)C(C)C. The van der Waals surface area contributed by atoms with Gasteiger partial charge in [-0.05, 0) is 53.1 Å². The molecule has 1 aromatic rings. The Morgan fingerprint density at radius 3 is 2.09 bits per heavy atom. The van der Waals surface area contributed by atoms with Crippen molar-refractivity contribution >= 4 is 8.32 Å². The quantitative estimate of drug-likeness (QED) is 0.380. The van der Waals surface area contributed by atoms with E-state index in [1.165, 1.54) is 5.56 Å². The van der Waals surface area contributed by atoms with Gasteiger partial charge in [0.1, 0.15) is 0 Å². The van der Waals surface area contributed by atoms with Crippen molar-refractivity contribution in [3.05, 3.63) is 36.5 Å². The zero-order valence-electron chi connectivity index (χ0n) is 15.4. The molecule has 0 unspecified atom stereocenters. The van der Waals surface area contributed by atoms with Gasteiger partial charge in [0.25, 0.3) is 8.32 Å². The molecule has 1 rings (SSSR count). The molecule has 1 aromatic heterocycles. The van der Waals surface area contributed by atoms with E-state index in [2.05, 4.69) is 54.5 Å². The Kier molecular flexibility index (Phi) is 7.47. The van der Waals surface area contributed by atoms with E-state index in [0.717, 1.165) is 12.8 Å². The number of aryl methyl sites for hydroxylation is 1. The molecule has 0 radical (unpaired) electrons. The van der Waals surface area contributed by atoms with Crippen LogP contribution in [0.3, 0.4) is 0 Å². The molecule has 0 N–H and O–H groups in total. The van der Waals surface area contributed by atoms with Crippen molar-refractivity contribution in [2.75, 3.05) is 0 Å². The van der Waals surface area contributed by atoms with Crippen LogP contribution in [-0.4, -0.2) is 8.32 Å². The fraction of sp³-hybridized carbons (Fsp3) is 0.684. The first-order chi connectivity index (χ1) is 10.3. The van der Waals surface area contributed by atoms with Crippen molar-refractivity contribution in [1.29, 1.82) is 0 Å². The van der Waals surface area contributed by atoms with E-state index in [0.29, 0.717) is 22.5 Å². The maximum atomic E-state index is 6.46. The lowest BCUT2D eigenvalue weighted by Gasteiger charge is -2.41. The predicted molar refractivity (Wildman–Crippen MR) is 97.5 cm³/mol. The molecule has 2 nitrogen and oxygen atoms in total. The molecule has 1 atom stereocenters. The minimum atomic E-state index is -1.77. The van der Waals surface area contributed by atoms with Gasteiger partial charge in [0.2, 0.25) is 0 Å². The molecule has 0 aliphatic carbocycles. The first-order valence-corrected chi connectivity index (χ1v) is 10.8. The van der Waals surface area contributed by atoms with E-state index in [9.17, 15) is 0 Å². The maximum Gasteiger partial charge on any atom is 0.257 e. The number of hydrogen-bond acceptors (Lipinski definition) is 2. The van der Waals surface area contributed by atoms with E-state index >= 15 is 0 Å². The first kappa shape index (κ1) is 19.1. The summed E-state index contributed by atoms with van der Waals surface area (Å²) in [6.07, 6.45) is 10.00. The van der Waals surface area contributed by atoms with Crippen LogP contribution >= 0.6 is 0 Å². The van der Waals surface area contributed by atoms with Crippen molar-refractivity contribution in [3.8, 4) is 0 Å². The zero-order chi connectivity index (χ0) is 16.8. The standard InChI is InChI=1S/C19H34O2Si/c1-15(2)22(16(3)4,17(5)6)21-13-10-18(7)8-9-19-11-12-20-14-19/h10-18H,8-9H2,1-7H3/b13-10+/t18-/m1/s1. The predicted octanol–water partition coefficient (Wildman–Crippen LogP) is 6.55. The van der Waals surface area contributed by atoms with E-state index in [-0.39, 0.29) is 0 Å². The van der Waals surface area contributed by atoms with Crippen LogP contribution in [0.2, 0.25) is 16.6 Å². The third kappa shape index (κ3) is 4.77. The summed E-state index contributed by atoms with van der Waals surface area (Å²) in [6.45, 7) is 16.2. The largest absolute Gasteiger partial charge is 0.548 e. The van der Waals surface area contributed by atoms with Gasteiger partial charge in [-0.15, -0.1) is 0 Å². The Labute approximate surface area is 138 Å². The summed E-state index contributed by atoms with van der Waals surface area (Å²) in [5, 5.41) is 0. The Bertz CT molecular complexity index is 411. The minimum absolute atomic E-state index is 0.521. The monoisotopic (exact) mass is 322 g/mol. The van der Waals surface area contributed by atoms with Crippen LogP contribution in [0.1, 0.15) is 60.5 Å². The van der Waals surface area contributed by atoms with Gasteiger partial charge in [0.15, 0.2) is 0 Å². The Morgan fingerprint density at radius 1 is 1.05 bits per heavy atom. The summed E-state index contributed by atoms with van der Waals surface area (Å²) < 4.78 is 11.6. The van der Waals surface area contributed by atoms with Gasteiger partial charge in [-0.2, -0.15) is 0 Å². The molecule has 126 valence electrons. The molecule has 0 saturated heterocycles. The highest BCUT2D eigenvalue weighted by molar-refractivity contribution is 6.77. The number of rotatable bonds is 9. The van der Waals surface area contributed by atoms with Crippen molar-refractivity contribution in [3.63, 3.8) is 0 Å². The lowest BCUT2D eigenvalue weighted by Crippen LogP contribution is -2.46. The Morgan fingerprint density at radius 2 is 1.64 bits per heavy atom. The Hall–Kier alpha value is -0.963. The van der Waals surface area contributed by atoms with Crippen molar-refractivity contribution < 1.29 is 8.84 Å². The fourth-order valence-electron chi connectivity index (χ4n) is 3.62. The third-order valence-corrected chi connectivity index (χ3v) is 10.8. The molecular weight excluding hydrogens is 288 g/mol. The van der Waals surface area contributed by atoms with Crippen LogP contribution in [0.5, 0.6) is 0 Å². The maximum absolute atomic E-state index is 6.46. The lowest BCUT2D eigenvalue weighted by molar-refractivity contribution is 0.410. The summed E-state index contributed by atoms with van der Waals surface area (Å²) >= 11 is 0. The van der Waals surface area contributed by atoms with Crippen LogP contribution in [0.4, 0.5) is 0 Å². The molecule has 0 fully saturated rings. The van der Waals surface area contributed by atoms with Crippen LogP contribution in [0, 0.1) is 5.92 Å². The highest BCUT2D eigenvalue weighted by Gasteiger charge is 2.46. The normalized spacial score (nSPS) is 14.5. The smallest absolute Gasteiger partial charge is 0.257 e. The van der Waals surface area contributed by atoms with Crippen LogP contribution < -0.4 is 0 Å². The van der Waals surface area contributed by atoms with Crippen LogP contribution in [0.15, 0.2) is 35.3 Å². The van der Waals surface area contributed by atoms with E-state index < -0.39 is 8.32 Å². The van der Waals surface area contributed by atoms with Gasteiger partial charge in [0, 0.05) is 0 Å². The highest BCUT2D eigenvalue weighted by Crippen LogP contribution is 2.42. The second kappa shape index (κ2) is 8.61. The van der Waals surface area contributed by atoms with Gasteiger partial charge >= 0.3 is 0 Å². The minimum Gasteiger partial charge on any atom is -0.548 e. The molecule has 0 aliphatic rings. The molecule has 1 heterocycles.